The van der Waals surface area contributed by atoms with Crippen molar-refractivity contribution in [1.82, 2.24) is 0 Å². The lowest BCUT2D eigenvalue weighted by atomic mass is 9.72. The van der Waals surface area contributed by atoms with Crippen molar-refractivity contribution < 1.29 is 48.8 Å². The van der Waals surface area contributed by atoms with Crippen LogP contribution in [0.2, 0.25) is 0 Å². The van der Waals surface area contributed by atoms with Gasteiger partial charge in [0.2, 0.25) is 0 Å². The number of phosphoric ester groups is 1. The zero-order chi connectivity index (χ0) is 21.2. The third kappa shape index (κ3) is 7.07. The van der Waals surface area contributed by atoms with Crippen molar-refractivity contribution in [3.8, 4) is 0 Å². The van der Waals surface area contributed by atoms with Gasteiger partial charge in [-0.2, -0.15) is 0 Å². The number of phosphoric acid groups is 1. The summed E-state index contributed by atoms with van der Waals surface area (Å²) in [5.74, 6) is -1.43. The van der Waals surface area contributed by atoms with Crippen molar-refractivity contribution in [2.24, 2.45) is 10.8 Å². The average molecular weight is 414 g/mol. The Hall–Kier alpha value is -0.580. The molecule has 0 aromatic heterocycles. The highest BCUT2D eigenvalue weighted by atomic mass is 31.2. The van der Waals surface area contributed by atoms with E-state index in [1.165, 1.54) is 0 Å². The molecule has 0 amide bonds. The predicted octanol–water partition coefficient (Wildman–Crippen LogP) is 0.253. The Labute approximate surface area is 158 Å². The molecule has 6 N–H and O–H groups in total. The molecule has 160 valence electrons. The first-order valence-electron chi connectivity index (χ1n) is 8.70. The summed E-state index contributed by atoms with van der Waals surface area (Å²) in [7, 11) is -4.52. The van der Waals surface area contributed by atoms with Crippen molar-refractivity contribution in [3.05, 3.63) is 0 Å². The Balaban J connectivity index is 2.75. The van der Waals surface area contributed by atoms with E-state index in [9.17, 15) is 24.7 Å². The van der Waals surface area contributed by atoms with Crippen LogP contribution in [-0.2, 0) is 18.6 Å². The Morgan fingerprint density at radius 1 is 1.00 bits per heavy atom. The summed E-state index contributed by atoms with van der Waals surface area (Å²) < 4.78 is 20.6. The summed E-state index contributed by atoms with van der Waals surface area (Å²) in [4.78, 5) is 28.7. The van der Waals surface area contributed by atoms with Crippen LogP contribution in [-0.4, -0.2) is 73.3 Å². The van der Waals surface area contributed by atoms with Crippen molar-refractivity contribution in [1.29, 1.82) is 0 Å². The Morgan fingerprint density at radius 3 is 2.04 bits per heavy atom. The van der Waals surface area contributed by atoms with Crippen LogP contribution >= 0.6 is 7.82 Å². The average Bonchev–Trinajstić information content (AvgIpc) is 2.49. The largest absolute Gasteiger partial charge is 0.479 e. The summed E-state index contributed by atoms with van der Waals surface area (Å²) in [6.45, 7) is 7.18. The number of aliphatic hydroxyl groups excluding tert-OH is 3. The quantitative estimate of drug-likeness (QED) is 0.287. The zero-order valence-electron chi connectivity index (χ0n) is 16.0. The molecule has 5 unspecified atom stereocenters. The van der Waals surface area contributed by atoms with Crippen molar-refractivity contribution in [2.75, 3.05) is 6.61 Å². The molecule has 1 saturated heterocycles. The minimum Gasteiger partial charge on any atom is -0.479 e. The number of hydrogen-bond acceptors (Lipinski definition) is 7. The molecule has 5 atom stereocenters. The maximum Gasteiger partial charge on any atom is 0.469 e. The third-order valence-electron chi connectivity index (χ3n) is 5.11. The van der Waals surface area contributed by atoms with Crippen molar-refractivity contribution >= 4 is 13.8 Å². The normalized spacial score (nSPS) is 30.3. The summed E-state index contributed by atoms with van der Waals surface area (Å²) in [5, 5.41) is 39.2. The van der Waals surface area contributed by atoms with E-state index in [1.54, 1.807) is 13.8 Å². The first kappa shape index (κ1) is 24.5. The highest BCUT2D eigenvalue weighted by Gasteiger charge is 2.51. The van der Waals surface area contributed by atoms with Crippen molar-refractivity contribution in [3.63, 3.8) is 0 Å². The summed E-state index contributed by atoms with van der Waals surface area (Å²) in [5.41, 5.74) is -1.09. The van der Waals surface area contributed by atoms with Gasteiger partial charge in [-0.25, -0.2) is 9.36 Å². The minimum atomic E-state index is -4.52. The fourth-order valence-corrected chi connectivity index (χ4v) is 3.43. The lowest BCUT2D eigenvalue weighted by molar-refractivity contribution is -0.249. The lowest BCUT2D eigenvalue weighted by Gasteiger charge is -2.46. The molecule has 0 saturated carbocycles. The molecule has 1 fully saturated rings. The van der Waals surface area contributed by atoms with E-state index in [-0.39, 0.29) is 12.0 Å². The van der Waals surface area contributed by atoms with Crippen LogP contribution in [0.15, 0.2) is 0 Å². The SMILES string of the molecule is CC(C)(CCOP(=O)(O)O)CCC(C)(C)C1OC(C(=O)O)C(O)C(O)C1O. The van der Waals surface area contributed by atoms with E-state index in [0.29, 0.717) is 19.3 Å². The van der Waals surface area contributed by atoms with Crippen molar-refractivity contribution in [2.45, 2.75) is 77.5 Å². The van der Waals surface area contributed by atoms with Gasteiger partial charge in [0.1, 0.15) is 18.3 Å². The van der Waals surface area contributed by atoms with Gasteiger partial charge >= 0.3 is 13.8 Å². The van der Waals surface area contributed by atoms with Gasteiger partial charge in [-0.1, -0.05) is 27.7 Å². The standard InChI is InChI=1S/C16H31O10P/c1-15(2,7-8-25-27(22,23)24)5-6-16(3,4)13-11(19)9(17)10(18)12(26-13)14(20)21/h9-13,17-19H,5-8H2,1-4H3,(H,20,21)(H2,22,23,24). The molecule has 1 aliphatic rings. The Kier molecular flexibility index (Phi) is 8.00. The van der Waals surface area contributed by atoms with Crippen LogP contribution in [0.5, 0.6) is 0 Å². The number of carboxylic acids is 1. The summed E-state index contributed by atoms with van der Waals surface area (Å²) >= 11 is 0. The maximum atomic E-state index is 11.3. The van der Waals surface area contributed by atoms with Crippen LogP contribution in [0.1, 0.15) is 47.0 Å². The lowest BCUT2D eigenvalue weighted by Crippen LogP contribution is -2.63. The molecule has 1 heterocycles. The molecule has 0 spiro atoms. The topological polar surface area (TPSA) is 174 Å². The molecule has 0 aromatic carbocycles. The maximum absolute atomic E-state index is 11.3. The van der Waals surface area contributed by atoms with Gasteiger partial charge in [0.25, 0.3) is 0 Å². The van der Waals surface area contributed by atoms with Crippen LogP contribution in [0, 0.1) is 10.8 Å². The molecular formula is C16H31O10P. The molecular weight excluding hydrogens is 383 g/mol. The number of carboxylic acid groups (broad SMARTS) is 1. The van der Waals surface area contributed by atoms with Crippen LogP contribution in [0.3, 0.4) is 0 Å². The Morgan fingerprint density at radius 2 is 1.56 bits per heavy atom. The molecule has 1 aliphatic heterocycles. The van der Waals surface area contributed by atoms with Gasteiger partial charge in [-0.05, 0) is 30.1 Å². The van der Waals surface area contributed by atoms with E-state index in [0.717, 1.165) is 0 Å². The van der Waals surface area contributed by atoms with E-state index >= 15 is 0 Å². The second-order valence-electron chi connectivity index (χ2n) is 8.51. The fourth-order valence-electron chi connectivity index (χ4n) is 3.10. The number of ether oxygens (including phenoxy) is 1. The molecule has 10 nitrogen and oxygen atoms in total. The van der Waals surface area contributed by atoms with Gasteiger partial charge in [0, 0.05) is 0 Å². The number of rotatable bonds is 9. The monoisotopic (exact) mass is 414 g/mol. The predicted molar refractivity (Wildman–Crippen MR) is 93.7 cm³/mol. The van der Waals surface area contributed by atoms with Crippen LogP contribution in [0.25, 0.3) is 0 Å². The molecule has 1 rings (SSSR count). The first-order valence-corrected chi connectivity index (χ1v) is 10.2. The van der Waals surface area contributed by atoms with Gasteiger partial charge in [0.05, 0.1) is 12.7 Å². The smallest absolute Gasteiger partial charge is 0.469 e. The Bertz CT molecular complexity index is 557. The number of carbonyl (C=O) groups is 1. The second kappa shape index (κ2) is 8.84. The highest BCUT2D eigenvalue weighted by molar-refractivity contribution is 7.46. The summed E-state index contributed by atoms with van der Waals surface area (Å²) in [6, 6.07) is 0. The molecule has 0 radical (unpaired) electrons. The number of aliphatic carboxylic acids is 1. The third-order valence-corrected chi connectivity index (χ3v) is 5.63. The van der Waals surface area contributed by atoms with Gasteiger partial charge in [0.15, 0.2) is 6.10 Å². The highest BCUT2D eigenvalue weighted by Crippen LogP contribution is 2.42. The minimum absolute atomic E-state index is 0.119. The summed E-state index contributed by atoms with van der Waals surface area (Å²) in [6.07, 6.45) is -6.08. The van der Waals surface area contributed by atoms with Gasteiger partial charge in [-0.15, -0.1) is 0 Å². The van der Waals surface area contributed by atoms with E-state index in [4.69, 9.17) is 19.6 Å². The van der Waals surface area contributed by atoms with E-state index < -0.39 is 49.7 Å². The van der Waals surface area contributed by atoms with Gasteiger partial charge in [-0.3, -0.25) is 4.52 Å². The van der Waals surface area contributed by atoms with Crippen LogP contribution < -0.4 is 0 Å². The van der Waals surface area contributed by atoms with Crippen LogP contribution in [0.4, 0.5) is 0 Å². The first-order chi connectivity index (χ1) is 12.1. The molecule has 0 aromatic rings. The zero-order valence-corrected chi connectivity index (χ0v) is 16.9. The second-order valence-corrected chi connectivity index (χ2v) is 9.75. The van der Waals surface area contributed by atoms with Gasteiger partial charge < -0.3 is 34.9 Å². The van der Waals surface area contributed by atoms with E-state index in [2.05, 4.69) is 4.52 Å². The molecule has 0 bridgehead atoms. The molecule has 11 heteroatoms. The van der Waals surface area contributed by atoms with E-state index in [1.807, 2.05) is 13.8 Å². The molecule has 27 heavy (non-hydrogen) atoms. The number of hydrogen-bond donors (Lipinski definition) is 6. The molecule has 0 aliphatic carbocycles. The fraction of sp³-hybridized carbons (Fsp3) is 0.938. The number of aliphatic hydroxyl groups is 3.